The van der Waals surface area contributed by atoms with Crippen LogP contribution in [-0.2, 0) is 19.8 Å². The average molecular weight is 333 g/mol. The van der Waals surface area contributed by atoms with Crippen LogP contribution in [0.5, 0.6) is 5.75 Å². The number of nitrogens with two attached hydrogens (primary N) is 1. The van der Waals surface area contributed by atoms with Gasteiger partial charge in [-0.3, -0.25) is 9.59 Å². The van der Waals surface area contributed by atoms with Crippen molar-refractivity contribution < 1.29 is 27.9 Å². The maximum absolute atomic E-state index is 11.9. The molecule has 3 N–H and O–H groups in total. The molecular formula is C10H15N5O6S. The summed E-state index contributed by atoms with van der Waals surface area (Å²) < 4.78 is 30.0. The highest BCUT2D eigenvalue weighted by Crippen LogP contribution is 2.09. The number of nitrogens with zero attached hydrogens (tertiary/aromatic N) is 4. The van der Waals surface area contributed by atoms with Crippen molar-refractivity contribution in [1.29, 1.82) is 0 Å². The smallest absolute Gasteiger partial charge is 0.326 e. The fourth-order valence-electron chi connectivity index (χ4n) is 1.29. The topological polar surface area (TPSA) is 156 Å². The number of carbonyl (C=O) groups is 2. The SMILES string of the molecule is CN(C)S(=O)(=O)N(CC(=O)O)CC(=O)Oc1cnc(N)nc1. The Hall–Kier alpha value is -2.31. The Kier molecular flexibility index (Phi) is 5.73. The Balaban J connectivity index is 2.83. The Morgan fingerprint density at radius 2 is 1.82 bits per heavy atom. The van der Waals surface area contributed by atoms with Crippen molar-refractivity contribution in [2.24, 2.45) is 0 Å². The maximum Gasteiger partial charge on any atom is 0.326 e. The molecule has 0 fully saturated rings. The van der Waals surface area contributed by atoms with Gasteiger partial charge >= 0.3 is 11.9 Å². The molecule has 0 amide bonds. The summed E-state index contributed by atoms with van der Waals surface area (Å²) in [5.41, 5.74) is 5.26. The molecule has 0 radical (unpaired) electrons. The first-order chi connectivity index (χ1) is 10.1. The van der Waals surface area contributed by atoms with Crippen molar-refractivity contribution in [1.82, 2.24) is 18.6 Å². The van der Waals surface area contributed by atoms with Crippen LogP contribution in [0, 0.1) is 0 Å². The predicted octanol–water partition coefficient (Wildman–Crippen LogP) is -1.84. The van der Waals surface area contributed by atoms with Gasteiger partial charge in [0.2, 0.25) is 5.95 Å². The van der Waals surface area contributed by atoms with Gasteiger partial charge in [0.05, 0.1) is 12.4 Å². The van der Waals surface area contributed by atoms with Crippen molar-refractivity contribution in [2.45, 2.75) is 0 Å². The van der Waals surface area contributed by atoms with Crippen molar-refractivity contribution in [2.75, 3.05) is 32.9 Å². The van der Waals surface area contributed by atoms with E-state index in [-0.39, 0.29) is 11.7 Å². The number of carboxylic acids is 1. The molecule has 11 nitrogen and oxygen atoms in total. The summed E-state index contributed by atoms with van der Waals surface area (Å²) in [5.74, 6) is -2.46. The molecule has 0 aliphatic heterocycles. The summed E-state index contributed by atoms with van der Waals surface area (Å²) in [6, 6.07) is 0. The van der Waals surface area contributed by atoms with E-state index >= 15 is 0 Å². The second-order valence-electron chi connectivity index (χ2n) is 4.20. The molecule has 0 aliphatic carbocycles. The molecule has 0 spiro atoms. The van der Waals surface area contributed by atoms with Gasteiger partial charge in [0.25, 0.3) is 10.2 Å². The van der Waals surface area contributed by atoms with Crippen LogP contribution in [-0.4, -0.2) is 71.2 Å². The highest BCUT2D eigenvalue weighted by Gasteiger charge is 2.29. The van der Waals surface area contributed by atoms with Gasteiger partial charge < -0.3 is 15.6 Å². The fraction of sp³-hybridized carbons (Fsp3) is 0.400. The number of rotatable bonds is 7. The molecule has 122 valence electrons. The van der Waals surface area contributed by atoms with Gasteiger partial charge in [0, 0.05) is 14.1 Å². The molecule has 0 aliphatic rings. The van der Waals surface area contributed by atoms with Gasteiger partial charge in [-0.2, -0.15) is 17.0 Å². The summed E-state index contributed by atoms with van der Waals surface area (Å²) in [7, 11) is -1.67. The van der Waals surface area contributed by atoms with E-state index in [1.807, 2.05) is 0 Å². The highest BCUT2D eigenvalue weighted by atomic mass is 32.2. The Bertz CT molecular complexity index is 644. The van der Waals surface area contributed by atoms with Crippen molar-refractivity contribution >= 4 is 28.1 Å². The van der Waals surface area contributed by atoms with Crippen LogP contribution in [0.15, 0.2) is 12.4 Å². The van der Waals surface area contributed by atoms with Crippen LogP contribution >= 0.6 is 0 Å². The zero-order valence-corrected chi connectivity index (χ0v) is 12.6. The van der Waals surface area contributed by atoms with Crippen LogP contribution in [0.4, 0.5) is 5.95 Å². The largest absolute Gasteiger partial charge is 0.480 e. The van der Waals surface area contributed by atoms with Crippen LogP contribution in [0.2, 0.25) is 0 Å². The number of anilines is 1. The molecule has 12 heteroatoms. The quantitative estimate of drug-likeness (QED) is 0.547. The molecule has 1 heterocycles. The van der Waals surface area contributed by atoms with Crippen LogP contribution < -0.4 is 10.5 Å². The van der Waals surface area contributed by atoms with Crippen LogP contribution in [0.25, 0.3) is 0 Å². The molecular weight excluding hydrogens is 318 g/mol. The van der Waals surface area contributed by atoms with Gasteiger partial charge in [0.15, 0.2) is 5.75 Å². The van der Waals surface area contributed by atoms with E-state index in [4.69, 9.17) is 15.6 Å². The first-order valence-electron chi connectivity index (χ1n) is 5.80. The van der Waals surface area contributed by atoms with E-state index in [0.29, 0.717) is 4.31 Å². The van der Waals surface area contributed by atoms with Gasteiger partial charge in [-0.15, -0.1) is 0 Å². The van der Waals surface area contributed by atoms with E-state index in [0.717, 1.165) is 16.7 Å². The second kappa shape index (κ2) is 7.11. The lowest BCUT2D eigenvalue weighted by molar-refractivity contribution is -0.138. The lowest BCUT2D eigenvalue weighted by Gasteiger charge is -2.22. The van der Waals surface area contributed by atoms with Gasteiger partial charge in [0.1, 0.15) is 13.1 Å². The van der Waals surface area contributed by atoms with Crippen molar-refractivity contribution in [3.8, 4) is 5.75 Å². The Morgan fingerprint density at radius 3 is 2.27 bits per heavy atom. The number of ether oxygens (including phenoxy) is 1. The van der Waals surface area contributed by atoms with Crippen LogP contribution in [0.1, 0.15) is 0 Å². The Morgan fingerprint density at radius 1 is 1.27 bits per heavy atom. The fourth-order valence-corrected chi connectivity index (χ4v) is 2.29. The third kappa shape index (κ3) is 4.91. The van der Waals surface area contributed by atoms with E-state index in [9.17, 15) is 18.0 Å². The van der Waals surface area contributed by atoms with Crippen molar-refractivity contribution in [3.63, 3.8) is 0 Å². The highest BCUT2D eigenvalue weighted by molar-refractivity contribution is 7.86. The summed E-state index contributed by atoms with van der Waals surface area (Å²) in [6.45, 7) is -1.66. The number of carbonyl (C=O) groups excluding carboxylic acids is 1. The molecule has 0 atom stereocenters. The minimum Gasteiger partial charge on any atom is -0.480 e. The molecule has 0 unspecified atom stereocenters. The maximum atomic E-state index is 11.9. The molecule has 1 aromatic rings. The first kappa shape index (κ1) is 17.7. The summed E-state index contributed by atoms with van der Waals surface area (Å²) >= 11 is 0. The van der Waals surface area contributed by atoms with Gasteiger partial charge in [-0.05, 0) is 0 Å². The first-order valence-corrected chi connectivity index (χ1v) is 7.20. The third-order valence-corrected chi connectivity index (χ3v) is 4.12. The summed E-state index contributed by atoms with van der Waals surface area (Å²) in [6.07, 6.45) is 2.25. The third-order valence-electron chi connectivity index (χ3n) is 2.28. The monoisotopic (exact) mass is 333 g/mol. The lowest BCUT2D eigenvalue weighted by atomic mass is 10.5. The molecule has 1 rings (SSSR count). The van der Waals surface area contributed by atoms with E-state index in [1.165, 1.54) is 14.1 Å². The number of hydrogen-bond acceptors (Lipinski definition) is 8. The van der Waals surface area contributed by atoms with Gasteiger partial charge in [-0.25, -0.2) is 9.97 Å². The number of carboxylic acid groups (broad SMARTS) is 1. The number of nitrogen functional groups attached to an aromatic ring is 1. The molecule has 0 bridgehead atoms. The minimum atomic E-state index is -4.09. The molecule has 1 aromatic heterocycles. The van der Waals surface area contributed by atoms with E-state index in [1.54, 1.807) is 0 Å². The zero-order valence-electron chi connectivity index (χ0n) is 11.8. The summed E-state index contributed by atoms with van der Waals surface area (Å²) in [4.78, 5) is 29.7. The van der Waals surface area contributed by atoms with E-state index < -0.39 is 35.2 Å². The predicted molar refractivity (Wildman–Crippen MR) is 73.9 cm³/mol. The molecule has 0 saturated heterocycles. The molecule has 0 saturated carbocycles. The average Bonchev–Trinajstić information content (AvgIpc) is 2.40. The lowest BCUT2D eigenvalue weighted by Crippen LogP contribution is -2.46. The molecule has 0 aromatic carbocycles. The normalized spacial score (nSPS) is 11.6. The summed E-state index contributed by atoms with van der Waals surface area (Å²) in [5, 5.41) is 8.75. The van der Waals surface area contributed by atoms with E-state index in [2.05, 4.69) is 9.97 Å². The minimum absolute atomic E-state index is 0.0255. The standard InChI is InChI=1S/C10H15N5O6S/c1-14(2)22(19,20)15(5-8(16)17)6-9(18)21-7-3-12-10(11)13-4-7/h3-4H,5-6H2,1-2H3,(H,16,17)(H2,11,12,13). The Labute approximate surface area is 126 Å². The number of aromatic nitrogens is 2. The zero-order chi connectivity index (χ0) is 16.9. The number of aliphatic carboxylic acids is 1. The van der Waals surface area contributed by atoms with Gasteiger partial charge in [-0.1, -0.05) is 0 Å². The number of esters is 1. The molecule has 22 heavy (non-hydrogen) atoms. The van der Waals surface area contributed by atoms with Crippen LogP contribution in [0.3, 0.4) is 0 Å². The van der Waals surface area contributed by atoms with Crippen molar-refractivity contribution in [3.05, 3.63) is 12.4 Å². The second-order valence-corrected chi connectivity index (χ2v) is 6.35. The number of hydrogen-bond donors (Lipinski definition) is 2.